The van der Waals surface area contributed by atoms with Crippen LogP contribution >= 0.6 is 0 Å². The Hall–Kier alpha value is -1.77. The first kappa shape index (κ1) is 8.81. The molecular weight excluding hydrogens is 178 g/mol. The van der Waals surface area contributed by atoms with Crippen molar-refractivity contribution in [3.8, 4) is 5.75 Å². The average molecular weight is 189 g/mol. The number of ether oxygens (including phenoxy) is 1. The van der Waals surface area contributed by atoms with Crippen LogP contribution in [0, 0.1) is 0 Å². The van der Waals surface area contributed by atoms with Crippen molar-refractivity contribution in [3.63, 3.8) is 0 Å². The fourth-order valence-corrected chi connectivity index (χ4v) is 1.49. The Morgan fingerprint density at radius 3 is 3.00 bits per heavy atom. The van der Waals surface area contributed by atoms with E-state index in [1.807, 2.05) is 24.3 Å². The highest BCUT2D eigenvalue weighted by Gasteiger charge is 2.01. The third-order valence-corrected chi connectivity index (χ3v) is 2.19. The van der Waals surface area contributed by atoms with Crippen molar-refractivity contribution in [2.24, 2.45) is 0 Å². The van der Waals surface area contributed by atoms with Crippen LogP contribution in [0.5, 0.6) is 5.75 Å². The Kier molecular flexibility index (Phi) is 2.23. The number of benzene rings is 1. The van der Waals surface area contributed by atoms with E-state index in [4.69, 9.17) is 4.74 Å². The Bertz CT molecular complexity index is 459. The van der Waals surface area contributed by atoms with Gasteiger partial charge in [-0.05, 0) is 23.6 Å². The number of nitrogens with one attached hydrogen (secondary N) is 1. The summed E-state index contributed by atoms with van der Waals surface area (Å²) in [5, 5.41) is 1.10. The molecule has 1 aromatic carbocycles. The second-order valence-electron chi connectivity index (χ2n) is 3.12. The minimum atomic E-state index is 0.428. The number of carbonyl (C=O) groups is 1. The number of methoxy groups -OCH3 is 1. The van der Waals surface area contributed by atoms with Gasteiger partial charge in [-0.15, -0.1) is 0 Å². The van der Waals surface area contributed by atoms with Crippen molar-refractivity contribution >= 4 is 17.2 Å². The van der Waals surface area contributed by atoms with Gasteiger partial charge < -0.3 is 14.5 Å². The lowest BCUT2D eigenvalue weighted by atomic mass is 10.2. The van der Waals surface area contributed by atoms with E-state index >= 15 is 0 Å². The molecule has 0 spiro atoms. The number of fused-ring (bicyclic) bond motifs is 1. The van der Waals surface area contributed by atoms with Crippen molar-refractivity contribution in [1.82, 2.24) is 4.98 Å². The molecule has 3 heteroatoms. The zero-order valence-corrected chi connectivity index (χ0v) is 7.91. The molecule has 0 aliphatic carbocycles. The summed E-state index contributed by atoms with van der Waals surface area (Å²) in [6.45, 7) is 0. The lowest BCUT2D eigenvalue weighted by Gasteiger charge is -1.97. The maximum Gasteiger partial charge on any atom is 0.125 e. The minimum absolute atomic E-state index is 0.428. The molecule has 0 aliphatic rings. The standard InChI is InChI=1S/C11H11NO2/c1-14-10-3-2-8-6-9(4-5-13)12-11(8)7-10/h2-3,5-7,12H,4H2,1H3. The number of aromatic amines is 1. The second kappa shape index (κ2) is 3.54. The third kappa shape index (κ3) is 1.48. The van der Waals surface area contributed by atoms with Crippen molar-refractivity contribution < 1.29 is 9.53 Å². The molecule has 72 valence electrons. The van der Waals surface area contributed by atoms with Crippen LogP contribution in [0.3, 0.4) is 0 Å². The number of rotatable bonds is 3. The van der Waals surface area contributed by atoms with Crippen LogP contribution in [0.25, 0.3) is 10.9 Å². The van der Waals surface area contributed by atoms with Gasteiger partial charge in [-0.1, -0.05) is 0 Å². The molecule has 0 amide bonds. The van der Waals surface area contributed by atoms with Crippen LogP contribution in [0.2, 0.25) is 0 Å². The number of hydrogen-bond acceptors (Lipinski definition) is 2. The number of aromatic nitrogens is 1. The highest BCUT2D eigenvalue weighted by atomic mass is 16.5. The predicted octanol–water partition coefficient (Wildman–Crippen LogP) is 1.92. The number of hydrogen-bond donors (Lipinski definition) is 1. The zero-order valence-electron chi connectivity index (χ0n) is 7.91. The van der Waals surface area contributed by atoms with E-state index in [0.717, 1.165) is 28.6 Å². The summed E-state index contributed by atoms with van der Waals surface area (Å²) >= 11 is 0. The molecule has 0 fully saturated rings. The maximum absolute atomic E-state index is 10.3. The van der Waals surface area contributed by atoms with Gasteiger partial charge in [0.15, 0.2) is 0 Å². The lowest BCUT2D eigenvalue weighted by Crippen LogP contribution is -1.83. The smallest absolute Gasteiger partial charge is 0.125 e. The van der Waals surface area contributed by atoms with E-state index in [9.17, 15) is 4.79 Å². The van der Waals surface area contributed by atoms with E-state index in [0.29, 0.717) is 6.42 Å². The van der Waals surface area contributed by atoms with Crippen molar-refractivity contribution in [2.45, 2.75) is 6.42 Å². The van der Waals surface area contributed by atoms with Gasteiger partial charge in [0, 0.05) is 23.7 Å². The van der Waals surface area contributed by atoms with E-state index < -0.39 is 0 Å². The number of carbonyl (C=O) groups excluding carboxylic acids is 1. The zero-order chi connectivity index (χ0) is 9.97. The van der Waals surface area contributed by atoms with Crippen LogP contribution < -0.4 is 4.74 Å². The Morgan fingerprint density at radius 1 is 1.43 bits per heavy atom. The molecule has 0 saturated heterocycles. The quantitative estimate of drug-likeness (QED) is 0.749. The topological polar surface area (TPSA) is 42.1 Å². The Balaban J connectivity index is 2.48. The van der Waals surface area contributed by atoms with Gasteiger partial charge in [-0.2, -0.15) is 0 Å². The largest absolute Gasteiger partial charge is 0.497 e. The summed E-state index contributed by atoms with van der Waals surface area (Å²) in [6.07, 6.45) is 1.32. The molecule has 0 saturated carbocycles. The molecule has 1 N–H and O–H groups in total. The lowest BCUT2D eigenvalue weighted by molar-refractivity contribution is -0.107. The van der Waals surface area contributed by atoms with Crippen molar-refractivity contribution in [3.05, 3.63) is 30.0 Å². The summed E-state index contributed by atoms with van der Waals surface area (Å²) < 4.78 is 5.10. The van der Waals surface area contributed by atoms with E-state index in [-0.39, 0.29) is 0 Å². The van der Waals surface area contributed by atoms with E-state index in [1.54, 1.807) is 7.11 Å². The fraction of sp³-hybridized carbons (Fsp3) is 0.182. The monoisotopic (exact) mass is 189 g/mol. The summed E-state index contributed by atoms with van der Waals surface area (Å²) in [5.74, 6) is 0.817. The molecule has 14 heavy (non-hydrogen) atoms. The summed E-state index contributed by atoms with van der Waals surface area (Å²) in [6, 6.07) is 7.77. The van der Waals surface area contributed by atoms with Gasteiger partial charge in [0.2, 0.25) is 0 Å². The van der Waals surface area contributed by atoms with Gasteiger partial charge in [0.1, 0.15) is 12.0 Å². The SMILES string of the molecule is COc1ccc2cc(CC=O)[nH]c2c1. The summed E-state index contributed by atoms with van der Waals surface area (Å²) in [5.41, 5.74) is 1.93. The molecule has 3 nitrogen and oxygen atoms in total. The molecule has 0 atom stereocenters. The van der Waals surface area contributed by atoms with Crippen LogP contribution in [-0.2, 0) is 11.2 Å². The van der Waals surface area contributed by atoms with Gasteiger partial charge in [0.05, 0.1) is 7.11 Å². The van der Waals surface area contributed by atoms with Crippen molar-refractivity contribution in [2.75, 3.05) is 7.11 Å². The van der Waals surface area contributed by atoms with Gasteiger partial charge in [0.25, 0.3) is 0 Å². The number of aldehydes is 1. The third-order valence-electron chi connectivity index (χ3n) is 2.19. The highest BCUT2D eigenvalue weighted by Crippen LogP contribution is 2.21. The molecule has 1 aromatic heterocycles. The van der Waals surface area contributed by atoms with E-state index in [2.05, 4.69) is 4.98 Å². The average Bonchev–Trinajstić information content (AvgIpc) is 2.59. The van der Waals surface area contributed by atoms with Crippen LogP contribution in [0.4, 0.5) is 0 Å². The summed E-state index contributed by atoms with van der Waals surface area (Å²) in [7, 11) is 1.64. The molecule has 1 heterocycles. The van der Waals surface area contributed by atoms with Crippen LogP contribution in [-0.4, -0.2) is 18.4 Å². The predicted molar refractivity (Wildman–Crippen MR) is 54.6 cm³/mol. The first-order valence-corrected chi connectivity index (χ1v) is 4.43. The van der Waals surface area contributed by atoms with Gasteiger partial charge in [-0.3, -0.25) is 0 Å². The molecule has 0 unspecified atom stereocenters. The Morgan fingerprint density at radius 2 is 2.29 bits per heavy atom. The molecule has 0 radical (unpaired) electrons. The first-order chi connectivity index (χ1) is 6.83. The van der Waals surface area contributed by atoms with Crippen molar-refractivity contribution in [1.29, 1.82) is 0 Å². The fourth-order valence-electron chi connectivity index (χ4n) is 1.49. The molecular formula is C11H11NO2. The molecule has 0 bridgehead atoms. The first-order valence-electron chi connectivity index (χ1n) is 4.43. The normalized spacial score (nSPS) is 10.4. The maximum atomic E-state index is 10.3. The molecule has 2 rings (SSSR count). The minimum Gasteiger partial charge on any atom is -0.497 e. The molecule has 2 aromatic rings. The second-order valence-corrected chi connectivity index (χ2v) is 3.12. The van der Waals surface area contributed by atoms with Crippen LogP contribution in [0.1, 0.15) is 5.69 Å². The number of H-pyrrole nitrogens is 1. The van der Waals surface area contributed by atoms with Crippen LogP contribution in [0.15, 0.2) is 24.3 Å². The molecule has 0 aliphatic heterocycles. The Labute approximate surface area is 81.7 Å². The van der Waals surface area contributed by atoms with E-state index in [1.165, 1.54) is 0 Å². The van der Waals surface area contributed by atoms with Gasteiger partial charge in [-0.25, -0.2) is 0 Å². The highest BCUT2D eigenvalue weighted by molar-refractivity contribution is 5.82. The summed E-state index contributed by atoms with van der Waals surface area (Å²) in [4.78, 5) is 13.5. The van der Waals surface area contributed by atoms with Gasteiger partial charge >= 0.3 is 0 Å².